The second kappa shape index (κ2) is 7.57. The van der Waals surface area contributed by atoms with Gasteiger partial charge in [-0.2, -0.15) is 4.98 Å². The van der Waals surface area contributed by atoms with Gasteiger partial charge in [0.1, 0.15) is 5.82 Å². The number of nitrogens with zero attached hydrogens (tertiary/aromatic N) is 3. The van der Waals surface area contributed by atoms with Gasteiger partial charge < -0.3 is 5.32 Å². The second-order valence-corrected chi connectivity index (χ2v) is 9.23. The first-order chi connectivity index (χ1) is 13.9. The molecule has 2 aromatic heterocycles. The van der Waals surface area contributed by atoms with E-state index < -0.39 is 15.7 Å². The molecule has 0 amide bonds. The highest BCUT2D eigenvalue weighted by molar-refractivity contribution is 7.89. The summed E-state index contributed by atoms with van der Waals surface area (Å²) < 4.78 is 27.2. The highest BCUT2D eigenvalue weighted by atomic mass is 32.2. The largest absolute Gasteiger partial charge is 0.368 e. The van der Waals surface area contributed by atoms with E-state index in [4.69, 9.17) is 0 Å². The van der Waals surface area contributed by atoms with Gasteiger partial charge in [-0.15, -0.1) is 0 Å². The summed E-state index contributed by atoms with van der Waals surface area (Å²) in [5, 5.41) is 3.78. The molecule has 0 bridgehead atoms. The second-order valence-electron chi connectivity index (χ2n) is 7.19. The molecule has 0 unspecified atom stereocenters. The lowest BCUT2D eigenvalue weighted by molar-refractivity contribution is 0.588. The first-order valence-electron chi connectivity index (χ1n) is 9.53. The molecule has 8 nitrogen and oxygen atoms in total. The van der Waals surface area contributed by atoms with E-state index in [0.29, 0.717) is 17.4 Å². The number of pyridine rings is 1. The smallest absolute Gasteiger partial charge is 0.354 e. The summed E-state index contributed by atoms with van der Waals surface area (Å²) in [6, 6.07) is 9.69. The molecule has 29 heavy (non-hydrogen) atoms. The molecule has 1 aliphatic rings. The first kappa shape index (κ1) is 19.5. The van der Waals surface area contributed by atoms with E-state index in [1.54, 1.807) is 16.8 Å². The predicted octanol–water partition coefficient (Wildman–Crippen LogP) is 1.93. The summed E-state index contributed by atoms with van der Waals surface area (Å²) in [5.74, 6) is 0.803. The average Bonchev–Trinajstić information content (AvgIpc) is 3.54. The quantitative estimate of drug-likeness (QED) is 0.613. The van der Waals surface area contributed by atoms with Crippen LogP contribution in [0.4, 0.5) is 5.82 Å². The zero-order valence-corrected chi connectivity index (χ0v) is 17.2. The van der Waals surface area contributed by atoms with Crippen LogP contribution < -0.4 is 15.7 Å². The maximum absolute atomic E-state index is 13.0. The fourth-order valence-electron chi connectivity index (χ4n) is 3.40. The van der Waals surface area contributed by atoms with Crippen molar-refractivity contribution in [3.8, 4) is 5.69 Å². The number of rotatable bonds is 7. The van der Waals surface area contributed by atoms with Crippen LogP contribution in [-0.2, 0) is 10.0 Å². The number of nitrogens with one attached hydrogen (secondary N) is 2. The Morgan fingerprint density at radius 2 is 2.03 bits per heavy atom. The Kier molecular flexibility index (Phi) is 5.10. The Bertz CT molecular complexity index is 1230. The van der Waals surface area contributed by atoms with E-state index in [1.807, 2.05) is 25.1 Å². The summed E-state index contributed by atoms with van der Waals surface area (Å²) in [6.45, 7) is 2.00. The fourth-order valence-corrected chi connectivity index (χ4v) is 3.97. The van der Waals surface area contributed by atoms with Crippen molar-refractivity contribution >= 4 is 26.7 Å². The van der Waals surface area contributed by atoms with Gasteiger partial charge in [-0.1, -0.05) is 6.07 Å². The van der Waals surface area contributed by atoms with Gasteiger partial charge in [-0.3, -0.25) is 9.55 Å². The first-order valence-corrected chi connectivity index (χ1v) is 11.2. The van der Waals surface area contributed by atoms with Crippen molar-refractivity contribution in [2.75, 3.05) is 24.7 Å². The number of hydrogen-bond donors (Lipinski definition) is 2. The molecular weight excluding hydrogens is 390 g/mol. The summed E-state index contributed by atoms with van der Waals surface area (Å²) in [6.07, 6.45) is 3.99. The molecule has 0 radical (unpaired) electrons. The molecule has 1 aromatic carbocycles. The highest BCUT2D eigenvalue weighted by Crippen LogP contribution is 2.41. The number of aromatic nitrogens is 3. The molecule has 0 saturated heterocycles. The van der Waals surface area contributed by atoms with E-state index in [1.165, 1.54) is 12.6 Å². The molecule has 0 aliphatic heterocycles. The van der Waals surface area contributed by atoms with Gasteiger partial charge in [0, 0.05) is 18.1 Å². The van der Waals surface area contributed by atoms with Crippen molar-refractivity contribution in [1.29, 1.82) is 0 Å². The van der Waals surface area contributed by atoms with Crippen LogP contribution >= 0.6 is 0 Å². The Hall–Kier alpha value is -2.78. The minimum Gasteiger partial charge on any atom is -0.368 e. The van der Waals surface area contributed by atoms with E-state index >= 15 is 0 Å². The van der Waals surface area contributed by atoms with Crippen molar-refractivity contribution in [2.24, 2.45) is 0 Å². The van der Waals surface area contributed by atoms with Crippen molar-refractivity contribution in [3.63, 3.8) is 0 Å². The molecule has 2 N–H and O–H groups in total. The molecule has 0 spiro atoms. The van der Waals surface area contributed by atoms with Gasteiger partial charge in [-0.25, -0.2) is 17.9 Å². The Balaban J connectivity index is 1.84. The molecule has 1 fully saturated rings. The van der Waals surface area contributed by atoms with E-state index in [2.05, 4.69) is 26.1 Å². The van der Waals surface area contributed by atoms with Crippen LogP contribution in [0.15, 0.2) is 41.3 Å². The van der Waals surface area contributed by atoms with Crippen LogP contribution in [-0.4, -0.2) is 42.3 Å². The Morgan fingerprint density at radius 1 is 1.24 bits per heavy atom. The predicted molar refractivity (Wildman–Crippen MR) is 113 cm³/mol. The summed E-state index contributed by atoms with van der Waals surface area (Å²) in [5.41, 5.74) is 2.93. The van der Waals surface area contributed by atoms with Gasteiger partial charge >= 0.3 is 5.69 Å². The third-order valence-corrected chi connectivity index (χ3v) is 6.52. The third-order valence-electron chi connectivity index (χ3n) is 5.16. The van der Waals surface area contributed by atoms with E-state index in [0.717, 1.165) is 29.4 Å². The number of fused-ring (bicyclic) bond motifs is 1. The summed E-state index contributed by atoms with van der Waals surface area (Å²) in [7, 11) is -1.98. The monoisotopic (exact) mass is 413 g/mol. The van der Waals surface area contributed by atoms with Crippen molar-refractivity contribution < 1.29 is 8.42 Å². The molecule has 0 atom stereocenters. The van der Waals surface area contributed by atoms with Gasteiger partial charge in [0.2, 0.25) is 10.0 Å². The lowest BCUT2D eigenvalue weighted by Gasteiger charge is -2.16. The van der Waals surface area contributed by atoms with Gasteiger partial charge in [-0.05, 0) is 62.6 Å². The minimum absolute atomic E-state index is 0.113. The SMILES string of the molecule is CNS(=O)(=O)CCNc1nc(=O)n(-c2cccnc2C)c2cc(C3CC3)ccc12. The molecule has 3 aromatic rings. The Morgan fingerprint density at radius 3 is 2.72 bits per heavy atom. The molecule has 1 saturated carbocycles. The van der Waals surface area contributed by atoms with Crippen LogP contribution in [0.5, 0.6) is 0 Å². The molecule has 9 heteroatoms. The van der Waals surface area contributed by atoms with Crippen molar-refractivity contribution in [2.45, 2.75) is 25.7 Å². The number of benzene rings is 1. The van der Waals surface area contributed by atoms with Gasteiger partial charge in [0.25, 0.3) is 0 Å². The maximum Gasteiger partial charge on any atom is 0.354 e. The molecule has 1 aliphatic carbocycles. The maximum atomic E-state index is 13.0. The molecule has 2 heterocycles. The van der Waals surface area contributed by atoms with E-state index in [-0.39, 0.29) is 12.3 Å². The normalized spacial score (nSPS) is 14.3. The Labute approximate surface area is 169 Å². The van der Waals surface area contributed by atoms with Gasteiger partial charge in [0.05, 0.1) is 22.7 Å². The van der Waals surface area contributed by atoms with E-state index in [9.17, 15) is 13.2 Å². The van der Waals surface area contributed by atoms with Crippen LogP contribution in [0.2, 0.25) is 0 Å². The van der Waals surface area contributed by atoms with Gasteiger partial charge in [0.15, 0.2) is 0 Å². The zero-order chi connectivity index (χ0) is 20.6. The van der Waals surface area contributed by atoms with Crippen LogP contribution in [0.1, 0.15) is 30.0 Å². The molecule has 4 rings (SSSR count). The lowest BCUT2D eigenvalue weighted by Crippen LogP contribution is -2.28. The number of sulfonamides is 1. The minimum atomic E-state index is -3.35. The van der Waals surface area contributed by atoms with Crippen LogP contribution in [0.25, 0.3) is 16.6 Å². The summed E-state index contributed by atoms with van der Waals surface area (Å²) >= 11 is 0. The number of hydrogen-bond acceptors (Lipinski definition) is 6. The number of anilines is 1. The number of aryl methyl sites for hydroxylation is 1. The van der Waals surface area contributed by atoms with Crippen molar-refractivity contribution in [3.05, 3.63) is 58.3 Å². The highest BCUT2D eigenvalue weighted by Gasteiger charge is 2.25. The van der Waals surface area contributed by atoms with Crippen molar-refractivity contribution in [1.82, 2.24) is 19.3 Å². The lowest BCUT2D eigenvalue weighted by atomic mass is 10.1. The summed E-state index contributed by atoms with van der Waals surface area (Å²) in [4.78, 5) is 21.5. The standard InChI is InChI=1S/C20H23N5O3S/c1-13-17(4-3-9-22-13)25-18-12-15(14-5-6-14)7-8-16(18)19(24-20(25)26)23-10-11-29(27,28)21-2/h3-4,7-9,12,14,21H,5-6,10-11H2,1-2H3,(H,23,24,26). The van der Waals surface area contributed by atoms with Crippen LogP contribution in [0, 0.1) is 6.92 Å². The molecular formula is C20H23N5O3S. The average molecular weight is 414 g/mol. The third kappa shape index (κ3) is 4.01. The fraction of sp³-hybridized carbons (Fsp3) is 0.350. The topological polar surface area (TPSA) is 106 Å². The van der Waals surface area contributed by atoms with Crippen LogP contribution in [0.3, 0.4) is 0 Å². The zero-order valence-electron chi connectivity index (χ0n) is 16.3. The molecule has 152 valence electrons.